The van der Waals surface area contributed by atoms with Gasteiger partial charge in [-0.2, -0.15) is 0 Å². The molecule has 0 amide bonds. The summed E-state index contributed by atoms with van der Waals surface area (Å²) in [7, 11) is 0. The molecule has 1 unspecified atom stereocenters. The van der Waals surface area contributed by atoms with Crippen molar-refractivity contribution < 1.29 is 5.11 Å². The predicted octanol–water partition coefficient (Wildman–Crippen LogP) is 0.437. The Morgan fingerprint density at radius 2 is 2.00 bits per heavy atom. The molecule has 3 N–H and O–H groups in total. The molecule has 0 spiro atoms. The molecule has 4 heteroatoms. The van der Waals surface area contributed by atoms with Crippen molar-refractivity contribution >= 4 is 5.69 Å². The summed E-state index contributed by atoms with van der Waals surface area (Å²) in [4.78, 5) is 4.68. The van der Waals surface area contributed by atoms with Gasteiger partial charge in [0.05, 0.1) is 6.61 Å². The molecule has 0 aliphatic carbocycles. The van der Waals surface area contributed by atoms with Gasteiger partial charge in [0, 0.05) is 44.5 Å². The van der Waals surface area contributed by atoms with Gasteiger partial charge >= 0.3 is 0 Å². The van der Waals surface area contributed by atoms with Crippen molar-refractivity contribution in [2.45, 2.75) is 13.0 Å². The molecular formula is C14H23N3O. The quantitative estimate of drug-likeness (QED) is 0.813. The van der Waals surface area contributed by atoms with Crippen molar-refractivity contribution in [3.63, 3.8) is 0 Å². The lowest BCUT2D eigenvalue weighted by Gasteiger charge is -2.39. The van der Waals surface area contributed by atoms with Crippen LogP contribution in [0.2, 0.25) is 0 Å². The van der Waals surface area contributed by atoms with Crippen molar-refractivity contribution in [2.75, 3.05) is 44.2 Å². The molecule has 100 valence electrons. The van der Waals surface area contributed by atoms with Crippen LogP contribution in [0.15, 0.2) is 24.3 Å². The van der Waals surface area contributed by atoms with E-state index in [1.54, 1.807) is 0 Å². The lowest BCUT2D eigenvalue weighted by molar-refractivity contribution is 0.122. The zero-order chi connectivity index (χ0) is 13.0. The second-order valence-corrected chi connectivity index (χ2v) is 4.93. The van der Waals surface area contributed by atoms with Crippen LogP contribution in [-0.4, -0.2) is 55.4 Å². The molecule has 1 aromatic rings. The van der Waals surface area contributed by atoms with Gasteiger partial charge < -0.3 is 15.7 Å². The Hall–Kier alpha value is -1.10. The zero-order valence-electron chi connectivity index (χ0n) is 11.0. The highest BCUT2D eigenvalue weighted by atomic mass is 16.3. The van der Waals surface area contributed by atoms with Gasteiger partial charge in [0.2, 0.25) is 0 Å². The lowest BCUT2D eigenvalue weighted by atomic mass is 10.1. The first-order valence-corrected chi connectivity index (χ1v) is 6.61. The molecule has 1 heterocycles. The van der Waals surface area contributed by atoms with Crippen molar-refractivity contribution in [2.24, 2.45) is 5.73 Å². The fourth-order valence-electron chi connectivity index (χ4n) is 2.51. The summed E-state index contributed by atoms with van der Waals surface area (Å²) in [6, 6.07) is 8.73. The van der Waals surface area contributed by atoms with Crippen LogP contribution in [0.3, 0.4) is 0 Å². The number of piperazine rings is 1. The summed E-state index contributed by atoms with van der Waals surface area (Å²) in [5.74, 6) is 0. The second-order valence-electron chi connectivity index (χ2n) is 4.93. The number of nitrogens with zero attached hydrogens (tertiary/aromatic N) is 2. The highest BCUT2D eigenvalue weighted by Crippen LogP contribution is 2.18. The van der Waals surface area contributed by atoms with E-state index in [0.29, 0.717) is 6.54 Å². The van der Waals surface area contributed by atoms with E-state index in [0.717, 1.165) is 26.2 Å². The van der Waals surface area contributed by atoms with E-state index in [4.69, 9.17) is 5.73 Å². The summed E-state index contributed by atoms with van der Waals surface area (Å²) in [5, 5.41) is 9.26. The molecule has 1 aliphatic heterocycles. The molecule has 4 nitrogen and oxygen atoms in total. The molecule has 1 atom stereocenters. The maximum atomic E-state index is 9.26. The minimum absolute atomic E-state index is 0.115. The van der Waals surface area contributed by atoms with Gasteiger partial charge in [0.1, 0.15) is 0 Å². The standard InChI is InChI=1S/C14H23N3O/c1-12-3-2-4-13(9-12)16-5-7-17(8-6-16)14(10-15)11-18/h2-4,9,14,18H,5-8,10-11,15H2,1H3. The number of hydrogen-bond acceptors (Lipinski definition) is 4. The Morgan fingerprint density at radius 1 is 1.28 bits per heavy atom. The number of benzene rings is 1. The zero-order valence-corrected chi connectivity index (χ0v) is 11.0. The van der Waals surface area contributed by atoms with Gasteiger partial charge in [0.15, 0.2) is 0 Å². The van der Waals surface area contributed by atoms with Crippen LogP contribution < -0.4 is 10.6 Å². The van der Waals surface area contributed by atoms with Crippen LogP contribution in [0.25, 0.3) is 0 Å². The maximum absolute atomic E-state index is 9.26. The first-order chi connectivity index (χ1) is 8.74. The highest BCUT2D eigenvalue weighted by Gasteiger charge is 2.22. The van der Waals surface area contributed by atoms with E-state index in [9.17, 15) is 5.11 Å². The number of aliphatic hydroxyl groups is 1. The Balaban J connectivity index is 1.94. The van der Waals surface area contributed by atoms with Gasteiger partial charge in [-0.1, -0.05) is 12.1 Å². The number of hydrogen-bond donors (Lipinski definition) is 2. The van der Waals surface area contributed by atoms with Crippen molar-refractivity contribution in [3.8, 4) is 0 Å². The van der Waals surface area contributed by atoms with Crippen LogP contribution in [0, 0.1) is 6.92 Å². The number of aliphatic hydroxyl groups excluding tert-OH is 1. The normalized spacial score (nSPS) is 18.9. The molecule has 0 radical (unpaired) electrons. The Labute approximate surface area is 109 Å². The molecule has 18 heavy (non-hydrogen) atoms. The molecule has 0 saturated carbocycles. The summed E-state index contributed by atoms with van der Waals surface area (Å²) >= 11 is 0. The van der Waals surface area contributed by atoms with Gasteiger partial charge in [-0.15, -0.1) is 0 Å². The van der Waals surface area contributed by atoms with Crippen LogP contribution in [0.4, 0.5) is 5.69 Å². The van der Waals surface area contributed by atoms with Crippen molar-refractivity contribution in [3.05, 3.63) is 29.8 Å². The Bertz CT molecular complexity index is 371. The van der Waals surface area contributed by atoms with Crippen LogP contribution in [0.5, 0.6) is 0 Å². The molecule has 0 bridgehead atoms. The third kappa shape index (κ3) is 3.02. The summed E-state index contributed by atoms with van der Waals surface area (Å²) < 4.78 is 0. The summed E-state index contributed by atoms with van der Waals surface area (Å²) in [6.45, 7) is 6.74. The topological polar surface area (TPSA) is 52.7 Å². The molecule has 1 aliphatic rings. The van der Waals surface area contributed by atoms with E-state index in [1.807, 2.05) is 0 Å². The predicted molar refractivity (Wildman–Crippen MR) is 74.9 cm³/mol. The first kappa shape index (κ1) is 13.3. The number of anilines is 1. The molecule has 2 rings (SSSR count). The average molecular weight is 249 g/mol. The molecular weight excluding hydrogens is 226 g/mol. The maximum Gasteiger partial charge on any atom is 0.0599 e. The SMILES string of the molecule is Cc1cccc(N2CCN(C(CN)CO)CC2)c1. The van der Waals surface area contributed by atoms with Gasteiger partial charge in [0.25, 0.3) is 0 Å². The Kier molecular flexibility index (Phi) is 4.58. The summed E-state index contributed by atoms with van der Waals surface area (Å²) in [5.41, 5.74) is 8.26. The van der Waals surface area contributed by atoms with Crippen molar-refractivity contribution in [1.29, 1.82) is 0 Å². The van der Waals surface area contributed by atoms with Gasteiger partial charge in [-0.25, -0.2) is 0 Å². The van der Waals surface area contributed by atoms with E-state index < -0.39 is 0 Å². The largest absolute Gasteiger partial charge is 0.395 e. The van der Waals surface area contributed by atoms with E-state index in [2.05, 4.69) is 41.0 Å². The summed E-state index contributed by atoms with van der Waals surface area (Å²) in [6.07, 6.45) is 0. The average Bonchev–Trinajstić information content (AvgIpc) is 2.41. The van der Waals surface area contributed by atoms with E-state index in [1.165, 1.54) is 11.3 Å². The number of nitrogens with two attached hydrogens (primary N) is 1. The molecule has 1 fully saturated rings. The fraction of sp³-hybridized carbons (Fsp3) is 0.571. The second kappa shape index (κ2) is 6.18. The fourth-order valence-corrected chi connectivity index (χ4v) is 2.51. The van der Waals surface area contributed by atoms with Crippen LogP contribution in [-0.2, 0) is 0 Å². The first-order valence-electron chi connectivity index (χ1n) is 6.61. The van der Waals surface area contributed by atoms with Gasteiger partial charge in [-0.3, -0.25) is 4.90 Å². The van der Waals surface area contributed by atoms with E-state index >= 15 is 0 Å². The van der Waals surface area contributed by atoms with Crippen molar-refractivity contribution in [1.82, 2.24) is 4.90 Å². The third-order valence-electron chi connectivity index (χ3n) is 3.68. The van der Waals surface area contributed by atoms with Gasteiger partial charge in [-0.05, 0) is 24.6 Å². The van der Waals surface area contributed by atoms with E-state index in [-0.39, 0.29) is 12.6 Å². The molecule has 1 aromatic carbocycles. The third-order valence-corrected chi connectivity index (χ3v) is 3.68. The minimum atomic E-state index is 0.115. The van der Waals surface area contributed by atoms with Crippen LogP contribution >= 0.6 is 0 Å². The lowest BCUT2D eigenvalue weighted by Crippen LogP contribution is -2.53. The number of aryl methyl sites for hydroxylation is 1. The molecule has 1 saturated heterocycles. The molecule has 0 aromatic heterocycles. The highest BCUT2D eigenvalue weighted by molar-refractivity contribution is 5.48. The smallest absolute Gasteiger partial charge is 0.0599 e. The monoisotopic (exact) mass is 249 g/mol. The number of rotatable bonds is 4. The minimum Gasteiger partial charge on any atom is -0.395 e. The van der Waals surface area contributed by atoms with Crippen LogP contribution in [0.1, 0.15) is 5.56 Å². The Morgan fingerprint density at radius 3 is 2.56 bits per heavy atom.